The van der Waals surface area contributed by atoms with Crippen LogP contribution in [-0.4, -0.2) is 42.3 Å². The van der Waals surface area contributed by atoms with Crippen LogP contribution < -0.4 is 10.1 Å². The van der Waals surface area contributed by atoms with Crippen LogP contribution in [-0.2, 0) is 0 Å². The van der Waals surface area contributed by atoms with Gasteiger partial charge in [-0.1, -0.05) is 31.5 Å². The van der Waals surface area contributed by atoms with Crippen molar-refractivity contribution < 1.29 is 19.1 Å². The Bertz CT molecular complexity index is 849. The zero-order valence-electron chi connectivity index (χ0n) is 15.2. The number of benzene rings is 2. The zero-order chi connectivity index (χ0) is 19.2. The number of amides is 3. The highest BCUT2D eigenvalue weighted by Gasteiger charge is 2.35. The molecule has 3 amide bonds. The summed E-state index contributed by atoms with van der Waals surface area (Å²) < 4.78 is 5.53. The maximum Gasteiger partial charge on any atom is 0.261 e. The number of carbonyl (C=O) groups is 3. The topological polar surface area (TPSA) is 75.7 Å². The Morgan fingerprint density at radius 2 is 1.78 bits per heavy atom. The maximum absolute atomic E-state index is 12.5. The summed E-state index contributed by atoms with van der Waals surface area (Å²) in [5.41, 5.74) is 1.01. The summed E-state index contributed by atoms with van der Waals surface area (Å²) >= 11 is 0. The molecular formula is C21H22N2O4. The standard InChI is InChI=1S/C21H22N2O4/c1-2-3-12-23-20(25)17-10-9-15(14-18(17)21(23)26)19(24)22-11-13-27-16-7-5-4-6-8-16/h4-10,14H,2-3,11-13H2,1H3,(H,22,24). The Morgan fingerprint density at radius 3 is 2.52 bits per heavy atom. The Balaban J connectivity index is 1.59. The molecule has 0 unspecified atom stereocenters. The second kappa shape index (κ2) is 8.49. The van der Waals surface area contributed by atoms with Gasteiger partial charge < -0.3 is 10.1 Å². The molecule has 0 atom stereocenters. The molecule has 0 aromatic heterocycles. The second-order valence-electron chi connectivity index (χ2n) is 6.29. The first-order valence-electron chi connectivity index (χ1n) is 9.08. The summed E-state index contributed by atoms with van der Waals surface area (Å²) in [5, 5.41) is 2.76. The Labute approximate surface area is 158 Å². The van der Waals surface area contributed by atoms with Crippen LogP contribution in [0, 0.1) is 0 Å². The van der Waals surface area contributed by atoms with E-state index in [0.29, 0.717) is 36.4 Å². The molecule has 6 nitrogen and oxygen atoms in total. The molecule has 0 saturated carbocycles. The van der Waals surface area contributed by atoms with Gasteiger partial charge in [0.05, 0.1) is 17.7 Å². The van der Waals surface area contributed by atoms with Crippen molar-refractivity contribution in [3.8, 4) is 5.75 Å². The molecule has 1 aliphatic heterocycles. The lowest BCUT2D eigenvalue weighted by Crippen LogP contribution is -2.30. The van der Waals surface area contributed by atoms with Crippen LogP contribution in [0.3, 0.4) is 0 Å². The molecule has 1 heterocycles. The Kier molecular flexibility index (Phi) is 5.86. The predicted molar refractivity (Wildman–Crippen MR) is 101 cm³/mol. The number of unbranched alkanes of at least 4 members (excludes halogenated alkanes) is 1. The van der Waals surface area contributed by atoms with Crippen LogP contribution >= 0.6 is 0 Å². The van der Waals surface area contributed by atoms with Gasteiger partial charge in [-0.15, -0.1) is 0 Å². The number of carbonyl (C=O) groups excluding carboxylic acids is 3. The van der Waals surface area contributed by atoms with Crippen LogP contribution in [0.1, 0.15) is 50.8 Å². The van der Waals surface area contributed by atoms with E-state index in [2.05, 4.69) is 5.32 Å². The molecule has 0 fully saturated rings. The molecular weight excluding hydrogens is 344 g/mol. The summed E-state index contributed by atoms with van der Waals surface area (Å²) in [6.45, 7) is 3.08. The maximum atomic E-state index is 12.5. The molecule has 2 aromatic rings. The summed E-state index contributed by atoms with van der Waals surface area (Å²) in [6, 6.07) is 14.0. The first-order valence-corrected chi connectivity index (χ1v) is 9.08. The van der Waals surface area contributed by atoms with Gasteiger partial charge in [-0.25, -0.2) is 0 Å². The minimum atomic E-state index is -0.328. The third-order valence-corrected chi connectivity index (χ3v) is 4.37. The van der Waals surface area contributed by atoms with Crippen molar-refractivity contribution in [1.29, 1.82) is 0 Å². The van der Waals surface area contributed by atoms with E-state index in [0.717, 1.165) is 18.6 Å². The lowest BCUT2D eigenvalue weighted by Gasteiger charge is -2.12. The van der Waals surface area contributed by atoms with E-state index >= 15 is 0 Å². The van der Waals surface area contributed by atoms with Crippen molar-refractivity contribution in [3.63, 3.8) is 0 Å². The van der Waals surface area contributed by atoms with Gasteiger partial charge in [0.1, 0.15) is 12.4 Å². The third kappa shape index (κ3) is 4.16. The quantitative estimate of drug-likeness (QED) is 0.576. The number of hydrogen-bond acceptors (Lipinski definition) is 4. The average Bonchev–Trinajstić information content (AvgIpc) is 2.94. The zero-order valence-corrected chi connectivity index (χ0v) is 15.2. The lowest BCUT2D eigenvalue weighted by atomic mass is 10.1. The van der Waals surface area contributed by atoms with Gasteiger partial charge >= 0.3 is 0 Å². The summed E-state index contributed by atoms with van der Waals surface area (Å²) in [5.74, 6) is -0.181. The van der Waals surface area contributed by atoms with Crippen molar-refractivity contribution in [1.82, 2.24) is 10.2 Å². The molecule has 0 saturated heterocycles. The average molecular weight is 366 g/mol. The SMILES string of the molecule is CCCCN1C(=O)c2ccc(C(=O)NCCOc3ccccc3)cc2C1=O. The van der Waals surface area contributed by atoms with E-state index in [9.17, 15) is 14.4 Å². The van der Waals surface area contributed by atoms with Gasteiger partial charge in [0, 0.05) is 12.1 Å². The van der Waals surface area contributed by atoms with Gasteiger partial charge in [-0.2, -0.15) is 0 Å². The first kappa shape index (κ1) is 18.6. The fraction of sp³-hybridized carbons (Fsp3) is 0.286. The van der Waals surface area contributed by atoms with E-state index in [1.807, 2.05) is 37.3 Å². The predicted octanol–water partition coefficient (Wildman–Crippen LogP) is 2.89. The highest BCUT2D eigenvalue weighted by Crippen LogP contribution is 2.24. The first-order chi connectivity index (χ1) is 13.1. The van der Waals surface area contributed by atoms with E-state index in [1.165, 1.54) is 11.0 Å². The van der Waals surface area contributed by atoms with Crippen molar-refractivity contribution in [2.24, 2.45) is 0 Å². The van der Waals surface area contributed by atoms with Crippen molar-refractivity contribution >= 4 is 17.7 Å². The fourth-order valence-corrected chi connectivity index (χ4v) is 2.90. The number of fused-ring (bicyclic) bond motifs is 1. The molecule has 0 radical (unpaired) electrons. The van der Waals surface area contributed by atoms with E-state index in [-0.39, 0.29) is 17.7 Å². The highest BCUT2D eigenvalue weighted by atomic mass is 16.5. The molecule has 0 spiro atoms. The largest absolute Gasteiger partial charge is 0.492 e. The number of para-hydroxylation sites is 1. The number of hydrogen-bond donors (Lipinski definition) is 1. The van der Waals surface area contributed by atoms with Gasteiger partial charge in [-0.05, 0) is 36.8 Å². The van der Waals surface area contributed by atoms with Crippen LogP contribution in [0.25, 0.3) is 0 Å². The van der Waals surface area contributed by atoms with E-state index < -0.39 is 0 Å². The highest BCUT2D eigenvalue weighted by molar-refractivity contribution is 6.22. The van der Waals surface area contributed by atoms with Crippen molar-refractivity contribution in [2.75, 3.05) is 19.7 Å². The molecule has 3 rings (SSSR count). The van der Waals surface area contributed by atoms with E-state index in [1.54, 1.807) is 12.1 Å². The number of imide groups is 1. The fourth-order valence-electron chi connectivity index (χ4n) is 2.90. The summed E-state index contributed by atoms with van der Waals surface area (Å²) in [6.07, 6.45) is 1.66. The van der Waals surface area contributed by atoms with Crippen LogP contribution in [0.5, 0.6) is 5.75 Å². The summed E-state index contributed by atoms with van der Waals surface area (Å²) in [7, 11) is 0. The van der Waals surface area contributed by atoms with Crippen LogP contribution in [0.2, 0.25) is 0 Å². The van der Waals surface area contributed by atoms with Gasteiger partial charge in [-0.3, -0.25) is 19.3 Å². The summed E-state index contributed by atoms with van der Waals surface area (Å²) in [4.78, 5) is 38.4. The molecule has 0 bridgehead atoms. The minimum Gasteiger partial charge on any atom is -0.492 e. The minimum absolute atomic E-state index is 0.285. The van der Waals surface area contributed by atoms with E-state index in [4.69, 9.17) is 4.74 Å². The molecule has 2 aromatic carbocycles. The number of nitrogens with zero attached hydrogens (tertiary/aromatic N) is 1. The molecule has 1 aliphatic rings. The molecule has 6 heteroatoms. The number of ether oxygens (including phenoxy) is 1. The van der Waals surface area contributed by atoms with Gasteiger partial charge in [0.15, 0.2) is 0 Å². The smallest absolute Gasteiger partial charge is 0.261 e. The van der Waals surface area contributed by atoms with Crippen molar-refractivity contribution in [3.05, 3.63) is 65.2 Å². The second-order valence-corrected chi connectivity index (χ2v) is 6.29. The molecule has 140 valence electrons. The Morgan fingerprint density at radius 1 is 1.04 bits per heavy atom. The van der Waals surface area contributed by atoms with Crippen LogP contribution in [0.15, 0.2) is 48.5 Å². The molecule has 27 heavy (non-hydrogen) atoms. The van der Waals surface area contributed by atoms with Gasteiger partial charge in [0.2, 0.25) is 0 Å². The lowest BCUT2D eigenvalue weighted by molar-refractivity contribution is 0.0652. The normalized spacial score (nSPS) is 12.9. The monoisotopic (exact) mass is 366 g/mol. The van der Waals surface area contributed by atoms with Gasteiger partial charge in [0.25, 0.3) is 17.7 Å². The molecule has 0 aliphatic carbocycles. The van der Waals surface area contributed by atoms with Crippen molar-refractivity contribution in [2.45, 2.75) is 19.8 Å². The molecule has 1 N–H and O–H groups in total. The Hall–Kier alpha value is -3.15. The number of rotatable bonds is 8. The number of nitrogens with one attached hydrogen (secondary N) is 1. The third-order valence-electron chi connectivity index (χ3n) is 4.37. The van der Waals surface area contributed by atoms with Crippen LogP contribution in [0.4, 0.5) is 0 Å².